The average molecular weight is 333 g/mol. The van der Waals surface area contributed by atoms with E-state index in [1.54, 1.807) is 0 Å². The molecule has 0 spiro atoms. The number of aliphatic carboxylic acids is 1. The van der Waals surface area contributed by atoms with Crippen molar-refractivity contribution < 1.29 is 19.4 Å². The van der Waals surface area contributed by atoms with E-state index < -0.39 is 5.97 Å². The van der Waals surface area contributed by atoms with Crippen molar-refractivity contribution in [2.45, 2.75) is 64.7 Å². The first kappa shape index (κ1) is 18.5. The number of benzene rings is 1. The summed E-state index contributed by atoms with van der Waals surface area (Å²) in [5.74, 6) is -0.802. The monoisotopic (exact) mass is 333 g/mol. The molecule has 1 saturated heterocycles. The Balaban J connectivity index is 2.01. The summed E-state index contributed by atoms with van der Waals surface area (Å²) in [7, 11) is 0. The van der Waals surface area contributed by atoms with E-state index in [1.807, 2.05) is 43.0 Å². The molecule has 5 nitrogen and oxygen atoms in total. The van der Waals surface area contributed by atoms with Gasteiger partial charge >= 0.3 is 5.97 Å². The van der Waals surface area contributed by atoms with Gasteiger partial charge in [-0.1, -0.05) is 12.1 Å². The fourth-order valence-corrected chi connectivity index (χ4v) is 3.03. The van der Waals surface area contributed by atoms with Crippen molar-refractivity contribution >= 4 is 11.9 Å². The molecule has 132 valence electrons. The van der Waals surface area contributed by atoms with Crippen LogP contribution in [0.4, 0.5) is 0 Å². The predicted octanol–water partition coefficient (Wildman–Crippen LogP) is 3.47. The smallest absolute Gasteiger partial charge is 0.303 e. The number of carboxylic acid groups (broad SMARTS) is 1. The van der Waals surface area contributed by atoms with E-state index >= 15 is 0 Å². The Hall–Kier alpha value is -1.88. The van der Waals surface area contributed by atoms with E-state index in [0.29, 0.717) is 25.1 Å². The number of ether oxygens (including phenoxy) is 1. The Morgan fingerprint density at radius 3 is 2.58 bits per heavy atom. The van der Waals surface area contributed by atoms with Crippen molar-refractivity contribution in [2.75, 3.05) is 6.54 Å². The van der Waals surface area contributed by atoms with Gasteiger partial charge in [-0.05, 0) is 57.2 Å². The van der Waals surface area contributed by atoms with Crippen LogP contribution in [0.1, 0.15) is 61.9 Å². The van der Waals surface area contributed by atoms with E-state index in [1.165, 1.54) is 0 Å². The number of carbonyl (C=O) groups excluding carboxylic acids is 1. The van der Waals surface area contributed by atoms with Gasteiger partial charge in [-0.25, -0.2) is 0 Å². The lowest BCUT2D eigenvalue weighted by Gasteiger charge is -2.35. The Bertz CT molecular complexity index is 553. The predicted molar refractivity (Wildman–Crippen MR) is 91.9 cm³/mol. The van der Waals surface area contributed by atoms with Crippen molar-refractivity contribution in [1.29, 1.82) is 0 Å². The number of amides is 1. The molecule has 1 aliphatic heterocycles. The number of hydrogen-bond donors (Lipinski definition) is 1. The van der Waals surface area contributed by atoms with Crippen LogP contribution < -0.4 is 0 Å². The Morgan fingerprint density at radius 1 is 1.25 bits per heavy atom. The van der Waals surface area contributed by atoms with E-state index in [4.69, 9.17) is 9.84 Å². The number of piperidine rings is 1. The molecule has 1 aromatic rings. The third-order valence-electron chi connectivity index (χ3n) is 4.36. The van der Waals surface area contributed by atoms with Crippen molar-refractivity contribution in [1.82, 2.24) is 4.90 Å². The Kier molecular flexibility index (Phi) is 6.79. The zero-order chi connectivity index (χ0) is 17.5. The zero-order valence-corrected chi connectivity index (χ0v) is 14.5. The number of likely N-dealkylation sites (tertiary alicyclic amines) is 1. The summed E-state index contributed by atoms with van der Waals surface area (Å²) >= 11 is 0. The van der Waals surface area contributed by atoms with Gasteiger partial charge in [0.2, 0.25) is 0 Å². The van der Waals surface area contributed by atoms with Crippen molar-refractivity contribution in [3.63, 3.8) is 0 Å². The van der Waals surface area contributed by atoms with Crippen molar-refractivity contribution in [3.8, 4) is 0 Å². The van der Waals surface area contributed by atoms with E-state index in [2.05, 4.69) is 0 Å². The first-order valence-corrected chi connectivity index (χ1v) is 8.70. The minimum Gasteiger partial charge on any atom is -0.481 e. The van der Waals surface area contributed by atoms with Crippen LogP contribution in [0.25, 0.3) is 0 Å². The van der Waals surface area contributed by atoms with Crippen LogP contribution in [0.3, 0.4) is 0 Å². The molecule has 0 aromatic heterocycles. The average Bonchev–Trinajstić information content (AvgIpc) is 2.58. The molecule has 1 N–H and O–H groups in total. The maximum atomic E-state index is 12.8. The molecule has 0 bridgehead atoms. The van der Waals surface area contributed by atoms with Crippen LogP contribution in [-0.4, -0.2) is 40.6 Å². The molecule has 1 fully saturated rings. The van der Waals surface area contributed by atoms with E-state index in [0.717, 1.165) is 24.8 Å². The topological polar surface area (TPSA) is 66.8 Å². The maximum absolute atomic E-state index is 12.8. The summed E-state index contributed by atoms with van der Waals surface area (Å²) in [6, 6.07) is 7.55. The van der Waals surface area contributed by atoms with Gasteiger partial charge in [-0.3, -0.25) is 9.59 Å². The highest BCUT2D eigenvalue weighted by molar-refractivity contribution is 5.94. The van der Waals surface area contributed by atoms with Crippen LogP contribution in [0.2, 0.25) is 0 Å². The van der Waals surface area contributed by atoms with Gasteiger partial charge in [0.25, 0.3) is 5.91 Å². The molecule has 1 amide bonds. The molecule has 2 rings (SSSR count). The molecule has 0 saturated carbocycles. The quantitative estimate of drug-likeness (QED) is 0.829. The van der Waals surface area contributed by atoms with Crippen LogP contribution >= 0.6 is 0 Å². The fourth-order valence-electron chi connectivity index (χ4n) is 3.03. The van der Waals surface area contributed by atoms with Crippen molar-refractivity contribution in [3.05, 3.63) is 35.4 Å². The van der Waals surface area contributed by atoms with E-state index in [9.17, 15) is 9.59 Å². The highest BCUT2D eigenvalue weighted by Gasteiger charge is 2.27. The highest BCUT2D eigenvalue weighted by atomic mass is 16.5. The van der Waals surface area contributed by atoms with Crippen molar-refractivity contribution in [2.24, 2.45) is 0 Å². The Morgan fingerprint density at radius 2 is 1.96 bits per heavy atom. The molecule has 1 aliphatic rings. The summed E-state index contributed by atoms with van der Waals surface area (Å²) in [5.41, 5.74) is 1.70. The summed E-state index contributed by atoms with van der Waals surface area (Å²) in [4.78, 5) is 25.5. The molecule has 1 unspecified atom stereocenters. The molecular weight excluding hydrogens is 306 g/mol. The zero-order valence-electron chi connectivity index (χ0n) is 14.5. The molecule has 1 heterocycles. The van der Waals surface area contributed by atoms with Gasteiger partial charge in [0.1, 0.15) is 0 Å². The number of nitrogens with zero attached hydrogens (tertiary/aromatic N) is 1. The first-order valence-electron chi connectivity index (χ1n) is 8.70. The minimum atomic E-state index is -0.803. The van der Waals surface area contributed by atoms with Gasteiger partial charge in [0.05, 0.1) is 12.7 Å². The van der Waals surface area contributed by atoms with E-state index in [-0.39, 0.29) is 24.5 Å². The molecule has 1 aromatic carbocycles. The van der Waals surface area contributed by atoms with Gasteiger partial charge in [-0.2, -0.15) is 0 Å². The Labute approximate surface area is 143 Å². The van der Waals surface area contributed by atoms with Gasteiger partial charge in [0.15, 0.2) is 0 Å². The number of hydrogen-bond acceptors (Lipinski definition) is 3. The lowest BCUT2D eigenvalue weighted by molar-refractivity contribution is -0.137. The summed E-state index contributed by atoms with van der Waals surface area (Å²) in [5, 5.41) is 8.89. The SMILES string of the molecule is CC(C)OCc1ccc(C(=O)N2CCCCC2CCC(=O)O)cc1. The minimum absolute atomic E-state index is 0.00131. The maximum Gasteiger partial charge on any atom is 0.303 e. The van der Waals surface area contributed by atoms with Gasteiger partial charge in [-0.15, -0.1) is 0 Å². The standard InChI is InChI=1S/C19H27NO4/c1-14(2)24-13-15-6-8-16(9-7-15)19(23)20-12-4-3-5-17(20)10-11-18(21)22/h6-9,14,17H,3-5,10-13H2,1-2H3,(H,21,22). The van der Waals surface area contributed by atoms with Gasteiger partial charge < -0.3 is 14.7 Å². The summed E-state index contributed by atoms with van der Waals surface area (Å²) < 4.78 is 5.57. The van der Waals surface area contributed by atoms with Crippen LogP contribution in [-0.2, 0) is 16.1 Å². The second kappa shape index (κ2) is 8.83. The molecule has 24 heavy (non-hydrogen) atoms. The molecular formula is C19H27NO4. The number of carboxylic acids is 1. The second-order valence-corrected chi connectivity index (χ2v) is 6.64. The van der Waals surface area contributed by atoms with Crippen LogP contribution in [0.5, 0.6) is 0 Å². The summed E-state index contributed by atoms with van der Waals surface area (Å²) in [6.45, 7) is 5.23. The molecule has 1 atom stereocenters. The van der Waals surface area contributed by atoms with Gasteiger partial charge in [0, 0.05) is 24.6 Å². The number of rotatable bonds is 7. The third kappa shape index (κ3) is 5.34. The largest absolute Gasteiger partial charge is 0.481 e. The lowest BCUT2D eigenvalue weighted by Crippen LogP contribution is -2.44. The molecule has 0 radical (unpaired) electrons. The normalized spacial score (nSPS) is 18.0. The van der Waals surface area contributed by atoms with Crippen LogP contribution in [0.15, 0.2) is 24.3 Å². The fraction of sp³-hybridized carbons (Fsp3) is 0.579. The highest BCUT2D eigenvalue weighted by Crippen LogP contribution is 2.23. The van der Waals surface area contributed by atoms with Crippen LogP contribution in [0, 0.1) is 0 Å². The molecule has 5 heteroatoms. The third-order valence-corrected chi connectivity index (χ3v) is 4.36. The number of carbonyl (C=O) groups is 2. The lowest BCUT2D eigenvalue weighted by atomic mass is 9.96. The first-order chi connectivity index (χ1) is 11.5. The second-order valence-electron chi connectivity index (χ2n) is 6.64. The molecule has 0 aliphatic carbocycles. The summed E-state index contributed by atoms with van der Waals surface area (Å²) in [6.07, 6.45) is 3.74.